The first-order valence-corrected chi connectivity index (χ1v) is 8.62. The Morgan fingerprint density at radius 3 is 2.79 bits per heavy atom. The first kappa shape index (κ1) is 18.7. The third-order valence-corrected chi connectivity index (χ3v) is 4.27. The summed E-state index contributed by atoms with van der Waals surface area (Å²) in [6.45, 7) is 3.41. The summed E-state index contributed by atoms with van der Waals surface area (Å²) in [5.41, 5.74) is 0.718. The molecule has 1 heterocycles. The molecule has 1 fully saturated rings. The van der Waals surface area contributed by atoms with Crippen molar-refractivity contribution in [1.29, 1.82) is 0 Å². The molecule has 6 nitrogen and oxygen atoms in total. The van der Waals surface area contributed by atoms with Crippen LogP contribution in [0.25, 0.3) is 0 Å². The number of amides is 1. The van der Waals surface area contributed by atoms with Crippen LogP contribution in [-0.4, -0.2) is 59.5 Å². The molecule has 0 bridgehead atoms. The molecule has 2 atom stereocenters. The van der Waals surface area contributed by atoms with Gasteiger partial charge in [0.1, 0.15) is 18.5 Å². The molecule has 24 heavy (non-hydrogen) atoms. The molecule has 1 aromatic carbocycles. The molecule has 0 spiro atoms. The average Bonchev–Trinajstić information content (AvgIpc) is 2.56. The fraction of sp³-hybridized carbons (Fsp3) is 0.611. The van der Waals surface area contributed by atoms with Gasteiger partial charge in [-0.25, -0.2) is 0 Å². The maximum absolute atomic E-state index is 11.0. The van der Waals surface area contributed by atoms with Crippen LogP contribution in [0.4, 0.5) is 5.69 Å². The molecule has 3 N–H and O–H groups in total. The molecule has 1 saturated heterocycles. The van der Waals surface area contributed by atoms with Gasteiger partial charge in [-0.05, 0) is 50.1 Å². The highest BCUT2D eigenvalue weighted by Gasteiger charge is 2.24. The maximum Gasteiger partial charge on any atom is 0.221 e. The fourth-order valence-electron chi connectivity index (χ4n) is 3.13. The number of rotatable bonds is 8. The van der Waals surface area contributed by atoms with Gasteiger partial charge in [-0.15, -0.1) is 0 Å². The zero-order chi connectivity index (χ0) is 17.4. The normalized spacial score (nSPS) is 19.7. The Bertz CT molecular complexity index is 504. The Kier molecular flexibility index (Phi) is 7.49. The number of hydrogen-bond acceptors (Lipinski definition) is 5. The second kappa shape index (κ2) is 9.61. The predicted octanol–water partition coefficient (Wildman–Crippen LogP) is 1.62. The van der Waals surface area contributed by atoms with Crippen molar-refractivity contribution < 1.29 is 19.7 Å². The van der Waals surface area contributed by atoms with Crippen molar-refractivity contribution in [2.75, 3.05) is 31.6 Å². The third-order valence-electron chi connectivity index (χ3n) is 4.27. The summed E-state index contributed by atoms with van der Waals surface area (Å²) in [6, 6.07) is 7.44. The second-order valence-corrected chi connectivity index (χ2v) is 6.33. The van der Waals surface area contributed by atoms with E-state index in [1.807, 2.05) is 0 Å². The quantitative estimate of drug-likeness (QED) is 0.672. The van der Waals surface area contributed by atoms with Crippen LogP contribution in [0.5, 0.6) is 5.75 Å². The van der Waals surface area contributed by atoms with Gasteiger partial charge in [0.25, 0.3) is 0 Å². The van der Waals surface area contributed by atoms with Crippen LogP contribution in [0, 0.1) is 0 Å². The first-order chi connectivity index (χ1) is 11.6. The fourth-order valence-corrected chi connectivity index (χ4v) is 3.13. The van der Waals surface area contributed by atoms with Crippen molar-refractivity contribution >= 4 is 11.6 Å². The molecule has 1 aliphatic heterocycles. The Hall–Kier alpha value is -1.63. The first-order valence-electron chi connectivity index (χ1n) is 8.62. The van der Waals surface area contributed by atoms with E-state index in [9.17, 15) is 9.90 Å². The Balaban J connectivity index is 1.77. The summed E-state index contributed by atoms with van der Waals surface area (Å²) in [4.78, 5) is 13.2. The van der Waals surface area contributed by atoms with Crippen LogP contribution >= 0.6 is 0 Å². The molecular weight excluding hydrogens is 308 g/mol. The number of hydrogen-bond donors (Lipinski definition) is 3. The summed E-state index contributed by atoms with van der Waals surface area (Å²) in [6.07, 6.45) is 3.60. The smallest absolute Gasteiger partial charge is 0.221 e. The van der Waals surface area contributed by atoms with Crippen LogP contribution in [0.15, 0.2) is 24.3 Å². The van der Waals surface area contributed by atoms with Gasteiger partial charge in [0.05, 0.1) is 0 Å². The molecule has 134 valence electrons. The summed E-state index contributed by atoms with van der Waals surface area (Å²) < 4.78 is 5.63. The summed E-state index contributed by atoms with van der Waals surface area (Å²) in [5.74, 6) is 0.548. The van der Waals surface area contributed by atoms with Crippen LogP contribution in [-0.2, 0) is 4.79 Å². The summed E-state index contributed by atoms with van der Waals surface area (Å²) in [5, 5.41) is 22.1. The van der Waals surface area contributed by atoms with Gasteiger partial charge in [0.2, 0.25) is 5.91 Å². The van der Waals surface area contributed by atoms with E-state index in [0.29, 0.717) is 18.3 Å². The number of nitrogens with one attached hydrogen (secondary N) is 1. The lowest BCUT2D eigenvalue weighted by Gasteiger charge is -2.36. The molecular formula is C18H28N2O4. The molecule has 0 aromatic heterocycles. The molecule has 0 radical (unpaired) electrons. The lowest BCUT2D eigenvalue weighted by molar-refractivity contribution is -0.114. The predicted molar refractivity (Wildman–Crippen MR) is 93.2 cm³/mol. The van der Waals surface area contributed by atoms with Crippen molar-refractivity contribution in [1.82, 2.24) is 4.90 Å². The van der Waals surface area contributed by atoms with E-state index >= 15 is 0 Å². The van der Waals surface area contributed by atoms with Gasteiger partial charge in [0.15, 0.2) is 0 Å². The van der Waals surface area contributed by atoms with Gasteiger partial charge in [-0.3, -0.25) is 9.69 Å². The largest absolute Gasteiger partial charge is 0.491 e. The summed E-state index contributed by atoms with van der Waals surface area (Å²) in [7, 11) is 0. The number of likely N-dealkylation sites (tertiary alicyclic amines) is 1. The van der Waals surface area contributed by atoms with Crippen molar-refractivity contribution in [2.45, 2.75) is 44.8 Å². The molecule has 1 aromatic rings. The monoisotopic (exact) mass is 336 g/mol. The van der Waals surface area contributed by atoms with E-state index in [0.717, 1.165) is 31.5 Å². The number of β-amino-alcohol motifs (C(OH)–C–C–N with tert-alkyl or cyclic N) is 1. The SMILES string of the molecule is CC(=O)Nc1ccc(OC[C@H](O)CN2CCCC[C@H]2CCO)cc1. The number of carbonyl (C=O) groups excluding carboxylic acids is 1. The van der Waals surface area contributed by atoms with E-state index in [1.54, 1.807) is 24.3 Å². The number of piperidine rings is 1. The molecule has 0 unspecified atom stereocenters. The maximum atomic E-state index is 11.0. The van der Waals surface area contributed by atoms with Gasteiger partial charge >= 0.3 is 0 Å². The molecule has 2 rings (SSSR count). The van der Waals surface area contributed by atoms with Crippen molar-refractivity contribution in [2.24, 2.45) is 0 Å². The van der Waals surface area contributed by atoms with Gasteiger partial charge < -0.3 is 20.3 Å². The van der Waals surface area contributed by atoms with Crippen molar-refractivity contribution in [3.05, 3.63) is 24.3 Å². The Morgan fingerprint density at radius 1 is 1.38 bits per heavy atom. The van der Waals surface area contributed by atoms with E-state index in [2.05, 4.69) is 10.2 Å². The molecule has 6 heteroatoms. The lowest BCUT2D eigenvalue weighted by atomic mass is 9.99. The zero-order valence-electron chi connectivity index (χ0n) is 14.3. The number of aliphatic hydroxyl groups excluding tert-OH is 2. The van der Waals surface area contributed by atoms with Gasteiger partial charge in [-0.2, -0.15) is 0 Å². The number of nitrogens with zero attached hydrogens (tertiary/aromatic N) is 1. The van der Waals surface area contributed by atoms with E-state index in [-0.39, 0.29) is 19.1 Å². The number of ether oxygens (including phenoxy) is 1. The van der Waals surface area contributed by atoms with Gasteiger partial charge in [0, 0.05) is 31.8 Å². The van der Waals surface area contributed by atoms with E-state index < -0.39 is 6.10 Å². The second-order valence-electron chi connectivity index (χ2n) is 6.33. The van der Waals surface area contributed by atoms with E-state index in [4.69, 9.17) is 9.84 Å². The highest BCUT2D eigenvalue weighted by molar-refractivity contribution is 5.88. The Labute approximate surface area is 143 Å². The number of benzene rings is 1. The standard InChI is InChI=1S/C18H28N2O4/c1-14(22)19-15-5-7-18(8-6-15)24-13-17(23)12-20-10-3-2-4-16(20)9-11-21/h5-8,16-17,21,23H,2-4,9-13H2,1H3,(H,19,22)/t16-,17+/m0/s1. The van der Waals surface area contributed by atoms with Crippen molar-refractivity contribution in [3.63, 3.8) is 0 Å². The molecule has 1 aliphatic rings. The highest BCUT2D eigenvalue weighted by Crippen LogP contribution is 2.20. The molecule has 1 amide bonds. The molecule has 0 saturated carbocycles. The number of aliphatic hydroxyl groups is 2. The van der Waals surface area contributed by atoms with Crippen molar-refractivity contribution in [3.8, 4) is 5.75 Å². The molecule has 0 aliphatic carbocycles. The minimum atomic E-state index is -0.570. The van der Waals surface area contributed by atoms with E-state index in [1.165, 1.54) is 13.3 Å². The van der Waals surface area contributed by atoms with Gasteiger partial charge in [-0.1, -0.05) is 6.42 Å². The minimum Gasteiger partial charge on any atom is -0.491 e. The Morgan fingerprint density at radius 2 is 2.12 bits per heavy atom. The van der Waals surface area contributed by atoms with Crippen LogP contribution in [0.2, 0.25) is 0 Å². The highest BCUT2D eigenvalue weighted by atomic mass is 16.5. The topological polar surface area (TPSA) is 82.0 Å². The zero-order valence-corrected chi connectivity index (χ0v) is 14.3. The number of carbonyl (C=O) groups is 1. The third kappa shape index (κ3) is 6.11. The van der Waals surface area contributed by atoms with Crippen LogP contribution in [0.1, 0.15) is 32.6 Å². The minimum absolute atomic E-state index is 0.113. The van der Waals surface area contributed by atoms with Crippen LogP contribution in [0.3, 0.4) is 0 Å². The summed E-state index contributed by atoms with van der Waals surface area (Å²) >= 11 is 0. The number of anilines is 1. The van der Waals surface area contributed by atoms with Crippen LogP contribution < -0.4 is 10.1 Å². The lowest BCUT2D eigenvalue weighted by Crippen LogP contribution is -2.45. The average molecular weight is 336 g/mol.